The monoisotopic (exact) mass is 178 g/mol. The third-order valence-electron chi connectivity index (χ3n) is 2.38. The summed E-state index contributed by atoms with van der Waals surface area (Å²) in [6.07, 6.45) is 0. The molecule has 0 spiro atoms. The molecule has 0 aliphatic carbocycles. The van der Waals surface area contributed by atoms with Gasteiger partial charge in [0.15, 0.2) is 0 Å². The minimum Gasteiger partial charge on any atom is -0.507 e. The molecule has 0 saturated heterocycles. The second-order valence-corrected chi connectivity index (χ2v) is 3.28. The predicted octanol–water partition coefficient (Wildman–Crippen LogP) is 1.68. The van der Waals surface area contributed by atoms with E-state index in [9.17, 15) is 9.90 Å². The Kier molecular flexibility index (Phi) is 1.55. The first-order valence-corrected chi connectivity index (χ1v) is 4.10. The number of hydrogen-bond acceptors (Lipinski definition) is 3. The number of aromatic hydroxyl groups is 1. The summed E-state index contributed by atoms with van der Waals surface area (Å²) in [6.45, 7) is 3.87. The maximum Gasteiger partial charge on any atom is 0.339 e. The summed E-state index contributed by atoms with van der Waals surface area (Å²) >= 11 is 0. The van der Waals surface area contributed by atoms with Crippen LogP contribution < -0.4 is 0 Å². The number of carbonyl (C=O) groups is 1. The van der Waals surface area contributed by atoms with E-state index in [2.05, 4.69) is 0 Å². The summed E-state index contributed by atoms with van der Waals surface area (Å²) < 4.78 is 4.86. The summed E-state index contributed by atoms with van der Waals surface area (Å²) in [6, 6.07) is 1.79. The van der Waals surface area contributed by atoms with E-state index in [1.54, 1.807) is 13.0 Å². The molecule has 1 aliphatic rings. The van der Waals surface area contributed by atoms with Crippen LogP contribution in [0, 0.1) is 13.8 Å². The van der Waals surface area contributed by atoms with Crippen molar-refractivity contribution in [2.75, 3.05) is 0 Å². The van der Waals surface area contributed by atoms with Gasteiger partial charge in [0, 0.05) is 11.1 Å². The number of fused-ring (bicyclic) bond motifs is 1. The topological polar surface area (TPSA) is 46.5 Å². The number of phenolic OH excluding ortho intramolecular Hbond substituents is 1. The molecule has 1 aromatic carbocycles. The lowest BCUT2D eigenvalue weighted by Gasteiger charge is -2.05. The number of carbonyl (C=O) groups excluding carboxylic acids is 1. The number of benzene rings is 1. The van der Waals surface area contributed by atoms with Crippen LogP contribution >= 0.6 is 0 Å². The molecule has 0 saturated carbocycles. The van der Waals surface area contributed by atoms with Gasteiger partial charge in [-0.05, 0) is 25.5 Å². The maximum atomic E-state index is 11.2. The van der Waals surface area contributed by atoms with E-state index in [4.69, 9.17) is 4.74 Å². The second-order valence-electron chi connectivity index (χ2n) is 3.28. The number of aryl methyl sites for hydroxylation is 1. The molecule has 68 valence electrons. The van der Waals surface area contributed by atoms with Gasteiger partial charge in [-0.1, -0.05) is 0 Å². The molecule has 0 aromatic heterocycles. The fourth-order valence-corrected chi connectivity index (χ4v) is 1.67. The van der Waals surface area contributed by atoms with Crippen LogP contribution in [-0.4, -0.2) is 11.1 Å². The van der Waals surface area contributed by atoms with E-state index in [0.29, 0.717) is 17.7 Å². The maximum absolute atomic E-state index is 11.2. The molecule has 3 heteroatoms. The van der Waals surface area contributed by atoms with Gasteiger partial charge in [-0.3, -0.25) is 0 Å². The standard InChI is InChI=1S/C10H10O3/c1-5-3-7-4-13-10(12)8(7)6(2)9(5)11/h3,11H,4H2,1-2H3. The number of hydrogen-bond donors (Lipinski definition) is 1. The highest BCUT2D eigenvalue weighted by Gasteiger charge is 2.25. The van der Waals surface area contributed by atoms with Gasteiger partial charge < -0.3 is 9.84 Å². The van der Waals surface area contributed by atoms with Crippen molar-refractivity contribution in [1.29, 1.82) is 0 Å². The van der Waals surface area contributed by atoms with E-state index in [-0.39, 0.29) is 11.7 Å². The van der Waals surface area contributed by atoms with Crippen molar-refractivity contribution in [1.82, 2.24) is 0 Å². The summed E-state index contributed by atoms with van der Waals surface area (Å²) in [4.78, 5) is 11.2. The minimum atomic E-state index is -0.331. The first-order valence-electron chi connectivity index (χ1n) is 4.10. The molecule has 1 aliphatic heterocycles. The SMILES string of the molecule is Cc1cc2c(c(C)c1O)C(=O)OC2. The van der Waals surface area contributed by atoms with Crippen LogP contribution in [0.15, 0.2) is 6.07 Å². The third kappa shape index (κ3) is 1.00. The number of rotatable bonds is 0. The molecule has 0 fully saturated rings. The van der Waals surface area contributed by atoms with Crippen molar-refractivity contribution in [3.05, 3.63) is 28.3 Å². The zero-order valence-electron chi connectivity index (χ0n) is 7.55. The Bertz CT molecular complexity index is 394. The van der Waals surface area contributed by atoms with E-state index in [1.165, 1.54) is 0 Å². The van der Waals surface area contributed by atoms with Gasteiger partial charge in [0.05, 0.1) is 5.56 Å². The van der Waals surface area contributed by atoms with Crippen LogP contribution in [0.25, 0.3) is 0 Å². The largest absolute Gasteiger partial charge is 0.507 e. The fraction of sp³-hybridized carbons (Fsp3) is 0.300. The van der Waals surface area contributed by atoms with Crippen LogP contribution in [-0.2, 0) is 11.3 Å². The highest BCUT2D eigenvalue weighted by molar-refractivity contribution is 5.95. The van der Waals surface area contributed by atoms with Crippen molar-refractivity contribution in [2.45, 2.75) is 20.5 Å². The lowest BCUT2D eigenvalue weighted by Crippen LogP contribution is -1.98. The molecule has 0 unspecified atom stereocenters. The normalized spacial score (nSPS) is 14.2. The fourth-order valence-electron chi connectivity index (χ4n) is 1.67. The minimum absolute atomic E-state index is 0.192. The molecule has 2 rings (SSSR count). The molecule has 0 amide bonds. The lowest BCUT2D eigenvalue weighted by molar-refractivity contribution is 0.0534. The Balaban J connectivity index is 2.75. The molecule has 1 N–H and O–H groups in total. The summed E-state index contributed by atoms with van der Waals surface area (Å²) in [5.41, 5.74) is 2.81. The quantitative estimate of drug-likeness (QED) is 0.615. The van der Waals surface area contributed by atoms with Gasteiger partial charge in [0.1, 0.15) is 12.4 Å². The lowest BCUT2D eigenvalue weighted by atomic mass is 9.99. The van der Waals surface area contributed by atoms with Crippen LogP contribution in [0.1, 0.15) is 27.0 Å². The van der Waals surface area contributed by atoms with Crippen molar-refractivity contribution >= 4 is 5.97 Å². The molecule has 0 atom stereocenters. The second kappa shape index (κ2) is 2.49. The van der Waals surface area contributed by atoms with Crippen molar-refractivity contribution < 1.29 is 14.6 Å². The van der Waals surface area contributed by atoms with Crippen LogP contribution in [0.5, 0.6) is 5.75 Å². The third-order valence-corrected chi connectivity index (χ3v) is 2.38. The van der Waals surface area contributed by atoms with Gasteiger partial charge in [0.25, 0.3) is 0 Å². The van der Waals surface area contributed by atoms with Crippen LogP contribution in [0.4, 0.5) is 0 Å². The Hall–Kier alpha value is -1.51. The highest BCUT2D eigenvalue weighted by Crippen LogP contribution is 2.32. The summed E-state index contributed by atoms with van der Waals surface area (Å²) in [7, 11) is 0. The van der Waals surface area contributed by atoms with E-state index < -0.39 is 0 Å². The van der Waals surface area contributed by atoms with Crippen molar-refractivity contribution in [3.8, 4) is 5.75 Å². The summed E-state index contributed by atoms with van der Waals surface area (Å²) in [5, 5.41) is 9.58. The molecule has 1 aromatic rings. The molecule has 0 radical (unpaired) electrons. The zero-order chi connectivity index (χ0) is 9.59. The Labute approximate surface area is 76.0 Å². The molecule has 1 heterocycles. The highest BCUT2D eigenvalue weighted by atomic mass is 16.5. The number of esters is 1. The van der Waals surface area contributed by atoms with Crippen LogP contribution in [0.2, 0.25) is 0 Å². The molecule has 13 heavy (non-hydrogen) atoms. The molecule has 0 bridgehead atoms. The first kappa shape index (κ1) is 8.10. The zero-order valence-corrected chi connectivity index (χ0v) is 7.55. The van der Waals surface area contributed by atoms with Crippen LogP contribution in [0.3, 0.4) is 0 Å². The average Bonchev–Trinajstić information content (AvgIpc) is 2.43. The number of phenols is 1. The smallest absolute Gasteiger partial charge is 0.339 e. The summed E-state index contributed by atoms with van der Waals surface area (Å²) in [5.74, 6) is -0.139. The molecule has 3 nitrogen and oxygen atoms in total. The molecular formula is C10H10O3. The number of cyclic esters (lactones) is 1. The Morgan fingerprint density at radius 1 is 1.46 bits per heavy atom. The van der Waals surface area contributed by atoms with E-state index in [1.807, 2.05) is 6.92 Å². The molecular weight excluding hydrogens is 168 g/mol. The van der Waals surface area contributed by atoms with E-state index >= 15 is 0 Å². The van der Waals surface area contributed by atoms with E-state index in [0.717, 1.165) is 11.1 Å². The predicted molar refractivity (Wildman–Crippen MR) is 46.7 cm³/mol. The van der Waals surface area contributed by atoms with Crippen molar-refractivity contribution in [2.24, 2.45) is 0 Å². The van der Waals surface area contributed by atoms with Gasteiger partial charge in [-0.15, -0.1) is 0 Å². The van der Waals surface area contributed by atoms with Crippen molar-refractivity contribution in [3.63, 3.8) is 0 Å². The Morgan fingerprint density at radius 2 is 2.15 bits per heavy atom. The van der Waals surface area contributed by atoms with Gasteiger partial charge in [0.2, 0.25) is 0 Å². The average molecular weight is 178 g/mol. The first-order chi connectivity index (χ1) is 6.11. The van der Waals surface area contributed by atoms with Gasteiger partial charge in [-0.25, -0.2) is 4.79 Å². The van der Waals surface area contributed by atoms with Gasteiger partial charge in [-0.2, -0.15) is 0 Å². The number of ether oxygens (including phenoxy) is 1. The Morgan fingerprint density at radius 3 is 2.85 bits per heavy atom. The van der Waals surface area contributed by atoms with Gasteiger partial charge >= 0.3 is 5.97 Å².